The number of hydrogen-bond donors (Lipinski definition) is 2. The largest absolute Gasteiger partial charge is 0.377 e. The van der Waals surface area contributed by atoms with Gasteiger partial charge in [-0.25, -0.2) is 21.6 Å². The van der Waals surface area contributed by atoms with Crippen molar-refractivity contribution in [2.45, 2.75) is 36.3 Å². The van der Waals surface area contributed by atoms with Crippen molar-refractivity contribution in [2.24, 2.45) is 0 Å². The number of fused-ring (bicyclic) bond motifs is 1. The van der Waals surface area contributed by atoms with Crippen molar-refractivity contribution in [1.82, 2.24) is 14.3 Å². The number of sulfonamides is 1. The Kier molecular flexibility index (Phi) is 4.65. The van der Waals surface area contributed by atoms with Gasteiger partial charge >= 0.3 is 5.69 Å². The van der Waals surface area contributed by atoms with Gasteiger partial charge in [0.2, 0.25) is 10.0 Å². The molecule has 1 aromatic carbocycles. The quantitative estimate of drug-likeness (QED) is 0.718. The van der Waals surface area contributed by atoms with Crippen LogP contribution in [0.5, 0.6) is 0 Å². The Morgan fingerprint density at radius 3 is 2.63 bits per heavy atom. The van der Waals surface area contributed by atoms with Gasteiger partial charge in [0, 0.05) is 19.2 Å². The van der Waals surface area contributed by atoms with E-state index in [1.807, 2.05) is 0 Å². The minimum atomic E-state index is -3.95. The summed E-state index contributed by atoms with van der Waals surface area (Å²) in [6, 6.07) is 3.74. The lowest BCUT2D eigenvalue weighted by Gasteiger charge is -2.29. The third kappa shape index (κ3) is 3.68. The highest BCUT2D eigenvalue weighted by Gasteiger charge is 2.40. The molecule has 2 atom stereocenters. The first-order valence-electron chi connectivity index (χ1n) is 8.80. The molecule has 27 heavy (non-hydrogen) atoms. The van der Waals surface area contributed by atoms with Gasteiger partial charge in [-0.05, 0) is 37.5 Å². The highest BCUT2D eigenvalue weighted by molar-refractivity contribution is 7.92. The average Bonchev–Trinajstić information content (AvgIpc) is 3.30. The van der Waals surface area contributed by atoms with Gasteiger partial charge in [0.15, 0.2) is 9.84 Å². The first kappa shape index (κ1) is 18.7. The normalized spacial score (nSPS) is 25.5. The van der Waals surface area contributed by atoms with Crippen molar-refractivity contribution < 1.29 is 21.6 Å². The van der Waals surface area contributed by atoms with Crippen LogP contribution in [0.4, 0.5) is 0 Å². The zero-order valence-corrected chi connectivity index (χ0v) is 16.2. The van der Waals surface area contributed by atoms with E-state index < -0.39 is 31.6 Å². The number of imidazole rings is 1. The molecule has 148 valence electrons. The Morgan fingerprint density at radius 1 is 1.19 bits per heavy atom. The van der Waals surface area contributed by atoms with E-state index in [1.165, 1.54) is 22.5 Å². The number of H-pyrrole nitrogens is 2. The molecule has 2 aliphatic rings. The molecule has 2 aromatic rings. The first-order valence-corrected chi connectivity index (χ1v) is 12.1. The van der Waals surface area contributed by atoms with Crippen LogP contribution in [0.25, 0.3) is 11.0 Å². The Labute approximate surface area is 156 Å². The Morgan fingerprint density at radius 2 is 1.96 bits per heavy atom. The van der Waals surface area contributed by atoms with Crippen LogP contribution in [0.2, 0.25) is 0 Å². The Bertz CT molecular complexity index is 1110. The van der Waals surface area contributed by atoms with Crippen LogP contribution < -0.4 is 5.69 Å². The van der Waals surface area contributed by atoms with Crippen LogP contribution in [0.15, 0.2) is 27.9 Å². The van der Waals surface area contributed by atoms with Gasteiger partial charge in [0.25, 0.3) is 0 Å². The lowest BCUT2D eigenvalue weighted by atomic mass is 10.2. The van der Waals surface area contributed by atoms with Crippen LogP contribution in [0.1, 0.15) is 19.3 Å². The summed E-state index contributed by atoms with van der Waals surface area (Å²) < 4.78 is 57.4. The molecule has 0 radical (unpaired) electrons. The smallest absolute Gasteiger partial charge is 0.323 e. The lowest BCUT2D eigenvalue weighted by molar-refractivity contribution is 0.0877. The summed E-state index contributed by atoms with van der Waals surface area (Å²) in [7, 11) is -7.20. The van der Waals surface area contributed by atoms with Crippen LogP contribution in [0.3, 0.4) is 0 Å². The summed E-state index contributed by atoms with van der Waals surface area (Å²) in [5, 5.41) is 0. The number of aromatic nitrogens is 2. The van der Waals surface area contributed by atoms with E-state index in [1.54, 1.807) is 0 Å². The number of benzene rings is 1. The molecule has 1 aromatic heterocycles. The second-order valence-corrected chi connectivity index (χ2v) is 11.2. The van der Waals surface area contributed by atoms with Crippen molar-refractivity contribution in [3.63, 3.8) is 0 Å². The van der Waals surface area contributed by atoms with Crippen molar-refractivity contribution in [2.75, 3.05) is 24.7 Å². The Hall–Kier alpha value is -1.69. The van der Waals surface area contributed by atoms with Crippen LogP contribution >= 0.6 is 0 Å². The molecule has 0 spiro atoms. The highest BCUT2D eigenvalue weighted by Crippen LogP contribution is 2.28. The summed E-state index contributed by atoms with van der Waals surface area (Å²) >= 11 is 0. The molecule has 2 aliphatic heterocycles. The van der Waals surface area contributed by atoms with Crippen molar-refractivity contribution in [3.05, 3.63) is 28.7 Å². The van der Waals surface area contributed by atoms with Crippen LogP contribution in [-0.2, 0) is 24.6 Å². The van der Waals surface area contributed by atoms with E-state index in [-0.39, 0.29) is 35.5 Å². The van der Waals surface area contributed by atoms with E-state index in [2.05, 4.69) is 9.97 Å². The molecule has 2 fully saturated rings. The van der Waals surface area contributed by atoms with E-state index in [0.29, 0.717) is 17.6 Å². The van der Waals surface area contributed by atoms with E-state index in [0.717, 1.165) is 12.8 Å². The molecule has 0 saturated carbocycles. The highest BCUT2D eigenvalue weighted by atomic mass is 32.2. The van der Waals surface area contributed by atoms with Gasteiger partial charge in [-0.3, -0.25) is 0 Å². The molecule has 9 nitrogen and oxygen atoms in total. The number of aromatic amines is 2. The molecule has 11 heteroatoms. The van der Waals surface area contributed by atoms with E-state index in [4.69, 9.17) is 4.74 Å². The standard InChI is InChI=1S/C16H21N3O6S2/c20-16-17-14-4-3-13(8-15(14)18-16)27(23,24)19(9-12-2-1-6-25-12)11-5-7-26(21,22)10-11/h3-4,8,11-12H,1-2,5-7,9-10H2,(H2,17,18,20)/t11-,12+/m0/s1. The zero-order valence-electron chi connectivity index (χ0n) is 14.5. The fraction of sp³-hybridized carbons (Fsp3) is 0.562. The first-order chi connectivity index (χ1) is 12.7. The molecule has 0 bridgehead atoms. The topological polar surface area (TPSA) is 129 Å². The fourth-order valence-corrected chi connectivity index (χ4v) is 7.28. The lowest BCUT2D eigenvalue weighted by Crippen LogP contribution is -2.45. The average molecular weight is 415 g/mol. The third-order valence-electron chi connectivity index (χ3n) is 5.12. The van der Waals surface area contributed by atoms with Crippen molar-refractivity contribution in [1.29, 1.82) is 0 Å². The maximum absolute atomic E-state index is 13.3. The fourth-order valence-electron chi connectivity index (χ4n) is 3.74. The zero-order chi connectivity index (χ0) is 19.2. The third-order valence-corrected chi connectivity index (χ3v) is 8.78. The molecule has 0 aliphatic carbocycles. The molecule has 3 heterocycles. The number of nitrogens with zero attached hydrogens (tertiary/aromatic N) is 1. The summed E-state index contributed by atoms with van der Waals surface area (Å²) in [4.78, 5) is 16.6. The number of sulfone groups is 1. The number of rotatable bonds is 5. The molecule has 0 unspecified atom stereocenters. The molecular weight excluding hydrogens is 394 g/mol. The minimum Gasteiger partial charge on any atom is -0.377 e. The number of nitrogens with one attached hydrogen (secondary N) is 2. The van der Waals surface area contributed by atoms with Gasteiger partial charge in [0.1, 0.15) is 0 Å². The maximum Gasteiger partial charge on any atom is 0.323 e. The van der Waals surface area contributed by atoms with Gasteiger partial charge in [-0.2, -0.15) is 4.31 Å². The molecule has 4 rings (SSSR count). The summed E-state index contributed by atoms with van der Waals surface area (Å²) in [6.07, 6.45) is 1.64. The van der Waals surface area contributed by atoms with E-state index in [9.17, 15) is 21.6 Å². The SMILES string of the molecule is O=c1[nH]c2ccc(S(=O)(=O)N(C[C@H]3CCCO3)[C@H]3CCS(=O)(=O)C3)cc2[nH]1. The number of ether oxygens (including phenoxy) is 1. The Balaban J connectivity index is 1.72. The van der Waals surface area contributed by atoms with Crippen LogP contribution in [-0.4, -0.2) is 67.9 Å². The van der Waals surface area contributed by atoms with Crippen LogP contribution in [0, 0.1) is 0 Å². The van der Waals surface area contributed by atoms with Gasteiger partial charge in [-0.1, -0.05) is 0 Å². The van der Waals surface area contributed by atoms with Crippen molar-refractivity contribution >= 4 is 30.9 Å². The molecule has 2 N–H and O–H groups in total. The second kappa shape index (κ2) is 6.73. The van der Waals surface area contributed by atoms with Crippen molar-refractivity contribution in [3.8, 4) is 0 Å². The van der Waals surface area contributed by atoms with Gasteiger partial charge < -0.3 is 14.7 Å². The summed E-state index contributed by atoms with van der Waals surface area (Å²) in [6.45, 7) is 0.711. The molecule has 0 amide bonds. The molecule has 2 saturated heterocycles. The van der Waals surface area contributed by atoms with Gasteiger partial charge in [-0.15, -0.1) is 0 Å². The summed E-state index contributed by atoms with van der Waals surface area (Å²) in [5.41, 5.74) is 0.475. The monoisotopic (exact) mass is 415 g/mol. The number of hydrogen-bond acceptors (Lipinski definition) is 6. The predicted molar refractivity (Wildman–Crippen MR) is 98.8 cm³/mol. The van der Waals surface area contributed by atoms with Gasteiger partial charge in [0.05, 0.1) is 33.5 Å². The second-order valence-electron chi connectivity index (χ2n) is 7.05. The minimum absolute atomic E-state index is 0.0145. The molecular formula is C16H21N3O6S2. The van der Waals surface area contributed by atoms with E-state index >= 15 is 0 Å². The maximum atomic E-state index is 13.3. The summed E-state index contributed by atoms with van der Waals surface area (Å²) in [5.74, 6) is -0.193. The predicted octanol–water partition coefficient (Wildman–Crippen LogP) is 0.213.